The van der Waals surface area contributed by atoms with Gasteiger partial charge >= 0.3 is 0 Å². The Balaban J connectivity index is 2.56. The molecule has 2 aromatic rings. The standard InChI is InChI=1S/C11H10N2O/c1-8(13-14)10-7-6-9-4-2-3-5-11(9)12-10/h2-7,13-14H,1H2. The molecule has 0 spiro atoms. The summed E-state index contributed by atoms with van der Waals surface area (Å²) in [4.78, 5) is 4.32. The van der Waals surface area contributed by atoms with Crippen LogP contribution in [0.3, 0.4) is 0 Å². The molecule has 0 aliphatic heterocycles. The van der Waals surface area contributed by atoms with Gasteiger partial charge in [0, 0.05) is 5.39 Å². The maximum Gasteiger partial charge on any atom is 0.0885 e. The van der Waals surface area contributed by atoms with Gasteiger partial charge in [-0.05, 0) is 12.1 Å². The zero-order chi connectivity index (χ0) is 9.97. The molecule has 2 N–H and O–H groups in total. The van der Waals surface area contributed by atoms with Crippen molar-refractivity contribution in [3.8, 4) is 0 Å². The minimum absolute atomic E-state index is 0.399. The summed E-state index contributed by atoms with van der Waals surface area (Å²) in [5.74, 6) is 0. The maximum atomic E-state index is 8.67. The zero-order valence-corrected chi connectivity index (χ0v) is 7.57. The molecule has 0 saturated carbocycles. The van der Waals surface area contributed by atoms with Crippen LogP contribution in [0.25, 0.3) is 16.6 Å². The lowest BCUT2D eigenvalue weighted by atomic mass is 10.2. The van der Waals surface area contributed by atoms with Crippen LogP contribution in [0.4, 0.5) is 0 Å². The Bertz CT molecular complexity index is 479. The summed E-state index contributed by atoms with van der Waals surface area (Å²) in [5, 5.41) is 9.74. The number of para-hydroxylation sites is 1. The van der Waals surface area contributed by atoms with Crippen LogP contribution >= 0.6 is 0 Å². The maximum absolute atomic E-state index is 8.67. The smallest absolute Gasteiger partial charge is 0.0885 e. The molecule has 1 aromatic heterocycles. The van der Waals surface area contributed by atoms with E-state index < -0.39 is 0 Å². The van der Waals surface area contributed by atoms with Gasteiger partial charge in [0.15, 0.2) is 0 Å². The average Bonchev–Trinajstić information content (AvgIpc) is 2.27. The van der Waals surface area contributed by atoms with Crippen molar-refractivity contribution in [2.24, 2.45) is 0 Å². The molecule has 70 valence electrons. The van der Waals surface area contributed by atoms with Crippen molar-refractivity contribution in [2.75, 3.05) is 0 Å². The van der Waals surface area contributed by atoms with Crippen molar-refractivity contribution < 1.29 is 5.21 Å². The SMILES string of the molecule is C=C(NO)c1ccc2ccccc2n1. The van der Waals surface area contributed by atoms with E-state index in [-0.39, 0.29) is 0 Å². The molecule has 2 rings (SSSR count). The van der Waals surface area contributed by atoms with Gasteiger partial charge in [0.2, 0.25) is 0 Å². The molecule has 14 heavy (non-hydrogen) atoms. The van der Waals surface area contributed by atoms with E-state index in [0.717, 1.165) is 10.9 Å². The van der Waals surface area contributed by atoms with Gasteiger partial charge in [0.05, 0.1) is 16.9 Å². The lowest BCUT2D eigenvalue weighted by Crippen LogP contribution is -2.05. The molecule has 1 aromatic carbocycles. The number of hydrogen-bond acceptors (Lipinski definition) is 3. The third-order valence-corrected chi connectivity index (χ3v) is 2.04. The number of nitrogens with one attached hydrogen (secondary N) is 1. The third-order valence-electron chi connectivity index (χ3n) is 2.04. The van der Waals surface area contributed by atoms with Gasteiger partial charge in [-0.25, -0.2) is 4.98 Å². The van der Waals surface area contributed by atoms with Crippen LogP contribution in [0.5, 0.6) is 0 Å². The lowest BCUT2D eigenvalue weighted by Gasteiger charge is -2.03. The van der Waals surface area contributed by atoms with E-state index >= 15 is 0 Å². The normalized spacial score (nSPS) is 10.1. The minimum Gasteiger partial charge on any atom is -0.291 e. The molecule has 0 unspecified atom stereocenters. The topological polar surface area (TPSA) is 45.1 Å². The summed E-state index contributed by atoms with van der Waals surface area (Å²) in [5.41, 5.74) is 3.92. The highest BCUT2D eigenvalue weighted by molar-refractivity contribution is 5.80. The van der Waals surface area contributed by atoms with Crippen molar-refractivity contribution in [2.45, 2.75) is 0 Å². The summed E-state index contributed by atoms with van der Waals surface area (Å²) in [7, 11) is 0. The van der Waals surface area contributed by atoms with Crippen LogP contribution in [0, 0.1) is 0 Å². The van der Waals surface area contributed by atoms with Gasteiger partial charge in [0.25, 0.3) is 0 Å². The van der Waals surface area contributed by atoms with E-state index in [4.69, 9.17) is 5.21 Å². The molecular formula is C11H10N2O. The molecule has 0 radical (unpaired) electrons. The van der Waals surface area contributed by atoms with Crippen LogP contribution in [-0.2, 0) is 0 Å². The number of hydroxylamine groups is 1. The molecule has 3 nitrogen and oxygen atoms in total. The highest BCUT2D eigenvalue weighted by Crippen LogP contribution is 2.14. The highest BCUT2D eigenvalue weighted by Gasteiger charge is 1.99. The van der Waals surface area contributed by atoms with Crippen LogP contribution in [0.15, 0.2) is 43.0 Å². The Hall–Kier alpha value is -1.87. The summed E-state index contributed by atoms with van der Waals surface area (Å²) < 4.78 is 0. The van der Waals surface area contributed by atoms with Gasteiger partial charge < -0.3 is 0 Å². The second-order valence-corrected chi connectivity index (χ2v) is 2.98. The van der Waals surface area contributed by atoms with E-state index in [1.54, 1.807) is 0 Å². The van der Waals surface area contributed by atoms with E-state index in [0.29, 0.717) is 11.4 Å². The Morgan fingerprint density at radius 2 is 2.00 bits per heavy atom. The molecule has 0 atom stereocenters. The quantitative estimate of drug-likeness (QED) is 0.706. The van der Waals surface area contributed by atoms with E-state index in [1.165, 1.54) is 0 Å². The monoisotopic (exact) mass is 186 g/mol. The molecule has 3 heteroatoms. The molecule has 0 amide bonds. The second-order valence-electron chi connectivity index (χ2n) is 2.98. The van der Waals surface area contributed by atoms with Gasteiger partial charge in [-0.1, -0.05) is 30.8 Å². The van der Waals surface area contributed by atoms with E-state index in [1.807, 2.05) is 41.9 Å². The van der Waals surface area contributed by atoms with Crippen molar-refractivity contribution in [1.29, 1.82) is 0 Å². The lowest BCUT2D eigenvalue weighted by molar-refractivity contribution is 0.224. The largest absolute Gasteiger partial charge is 0.291 e. The predicted molar refractivity (Wildman–Crippen MR) is 55.7 cm³/mol. The highest BCUT2D eigenvalue weighted by atomic mass is 16.5. The van der Waals surface area contributed by atoms with Crippen LogP contribution < -0.4 is 5.48 Å². The number of aromatic nitrogens is 1. The fraction of sp³-hybridized carbons (Fsp3) is 0. The van der Waals surface area contributed by atoms with Crippen molar-refractivity contribution in [3.05, 3.63) is 48.7 Å². The Morgan fingerprint density at radius 3 is 2.79 bits per heavy atom. The summed E-state index contributed by atoms with van der Waals surface area (Å²) in [6.07, 6.45) is 0. The van der Waals surface area contributed by atoms with Gasteiger partial charge in [-0.2, -0.15) is 0 Å². The zero-order valence-electron chi connectivity index (χ0n) is 7.57. The van der Waals surface area contributed by atoms with Crippen molar-refractivity contribution in [1.82, 2.24) is 10.5 Å². The first-order valence-electron chi connectivity index (χ1n) is 4.26. The van der Waals surface area contributed by atoms with Crippen molar-refractivity contribution >= 4 is 16.6 Å². The molecule has 0 saturated heterocycles. The van der Waals surface area contributed by atoms with Crippen LogP contribution in [0.2, 0.25) is 0 Å². The minimum atomic E-state index is 0.399. The van der Waals surface area contributed by atoms with Crippen LogP contribution in [-0.4, -0.2) is 10.2 Å². The average molecular weight is 186 g/mol. The molecule has 0 fully saturated rings. The molecule has 1 heterocycles. The van der Waals surface area contributed by atoms with Crippen LogP contribution in [0.1, 0.15) is 5.69 Å². The number of hydrogen-bond donors (Lipinski definition) is 2. The number of pyridine rings is 1. The van der Waals surface area contributed by atoms with E-state index in [2.05, 4.69) is 11.6 Å². The second kappa shape index (κ2) is 3.47. The van der Waals surface area contributed by atoms with Gasteiger partial charge in [0.1, 0.15) is 0 Å². The first-order chi connectivity index (χ1) is 6.81. The van der Waals surface area contributed by atoms with E-state index in [9.17, 15) is 0 Å². The first kappa shape index (κ1) is 8.72. The fourth-order valence-electron chi connectivity index (χ4n) is 1.29. The Labute approximate surface area is 81.7 Å². The summed E-state index contributed by atoms with van der Waals surface area (Å²) in [6.45, 7) is 3.63. The third kappa shape index (κ3) is 1.45. The van der Waals surface area contributed by atoms with Crippen molar-refractivity contribution in [3.63, 3.8) is 0 Å². The van der Waals surface area contributed by atoms with Gasteiger partial charge in [-0.3, -0.25) is 10.7 Å². The fourth-order valence-corrected chi connectivity index (χ4v) is 1.29. The summed E-state index contributed by atoms with van der Waals surface area (Å²) >= 11 is 0. The number of rotatable bonds is 2. The molecule has 0 bridgehead atoms. The number of fused-ring (bicyclic) bond motifs is 1. The first-order valence-corrected chi connectivity index (χ1v) is 4.26. The Morgan fingerprint density at radius 1 is 1.21 bits per heavy atom. The molecule has 0 aliphatic rings. The number of nitrogens with zero attached hydrogens (tertiary/aromatic N) is 1. The predicted octanol–water partition coefficient (Wildman–Crippen LogP) is 2.18. The number of benzene rings is 1. The van der Waals surface area contributed by atoms with Gasteiger partial charge in [-0.15, -0.1) is 0 Å². The Kier molecular flexibility index (Phi) is 2.16. The molecule has 0 aliphatic carbocycles. The summed E-state index contributed by atoms with van der Waals surface area (Å²) in [6, 6.07) is 11.6. The molecular weight excluding hydrogens is 176 g/mol.